The average molecular weight is 295 g/mol. The summed E-state index contributed by atoms with van der Waals surface area (Å²) >= 11 is 0. The van der Waals surface area contributed by atoms with Crippen LogP contribution in [0, 0.1) is 0 Å². The number of rotatable bonds is 5. The van der Waals surface area contributed by atoms with Gasteiger partial charge in [0, 0.05) is 19.1 Å². The summed E-state index contributed by atoms with van der Waals surface area (Å²) in [5, 5.41) is 0. The van der Waals surface area contributed by atoms with Crippen LogP contribution in [-0.2, 0) is 4.79 Å². The van der Waals surface area contributed by atoms with Crippen molar-refractivity contribution in [1.29, 1.82) is 0 Å². The maximum Gasteiger partial charge on any atom is 0.239 e. The Bertz CT molecular complexity index is 326. The maximum absolute atomic E-state index is 12.8. The highest BCUT2D eigenvalue weighted by atomic mass is 16.2. The van der Waals surface area contributed by atoms with E-state index in [4.69, 9.17) is 0 Å². The first kappa shape index (κ1) is 16.8. The molecular weight excluding hydrogens is 262 g/mol. The summed E-state index contributed by atoms with van der Waals surface area (Å²) in [6.45, 7) is 6.62. The Morgan fingerprint density at radius 1 is 1.10 bits per heavy atom. The van der Waals surface area contributed by atoms with Gasteiger partial charge in [-0.1, -0.05) is 13.3 Å². The van der Waals surface area contributed by atoms with E-state index in [9.17, 15) is 4.79 Å². The lowest BCUT2D eigenvalue weighted by Gasteiger charge is -2.30. The Balaban J connectivity index is 1.90. The van der Waals surface area contributed by atoms with Crippen LogP contribution < -0.4 is 0 Å². The molecule has 2 aliphatic rings. The summed E-state index contributed by atoms with van der Waals surface area (Å²) in [4.78, 5) is 19.7. The summed E-state index contributed by atoms with van der Waals surface area (Å²) < 4.78 is 0. The minimum atomic E-state index is 0.0679. The van der Waals surface area contributed by atoms with Gasteiger partial charge in [0.2, 0.25) is 5.91 Å². The molecule has 0 aromatic heterocycles. The van der Waals surface area contributed by atoms with Gasteiger partial charge in [0.1, 0.15) is 0 Å². The minimum absolute atomic E-state index is 0.0679. The van der Waals surface area contributed by atoms with E-state index < -0.39 is 0 Å². The largest absolute Gasteiger partial charge is 0.341 e. The monoisotopic (exact) mass is 295 g/mol. The molecular formula is C17H33N3O. The molecule has 2 atom stereocenters. The molecule has 1 amide bonds. The predicted octanol–water partition coefficient (Wildman–Crippen LogP) is 2.19. The molecule has 2 heterocycles. The second kappa shape index (κ2) is 8.14. The van der Waals surface area contributed by atoms with E-state index in [0.29, 0.717) is 11.9 Å². The third kappa shape index (κ3) is 4.43. The molecule has 2 fully saturated rings. The van der Waals surface area contributed by atoms with E-state index in [1.807, 2.05) is 14.1 Å². The summed E-state index contributed by atoms with van der Waals surface area (Å²) in [5.74, 6) is 0.351. The molecule has 0 bridgehead atoms. The number of likely N-dealkylation sites (tertiary alicyclic amines) is 2. The number of amides is 1. The van der Waals surface area contributed by atoms with Crippen LogP contribution in [0.1, 0.15) is 51.9 Å². The van der Waals surface area contributed by atoms with Gasteiger partial charge in [0.05, 0.1) is 6.04 Å². The fourth-order valence-electron chi connectivity index (χ4n) is 3.86. The normalized spacial score (nSPS) is 26.1. The Labute approximate surface area is 130 Å². The number of nitrogens with zero attached hydrogens (tertiary/aromatic N) is 3. The fraction of sp³-hybridized carbons (Fsp3) is 0.941. The third-order valence-electron chi connectivity index (χ3n) is 5.14. The SMILES string of the molecule is CCCC(C(=O)N1CCCC(N2CCCC2)CC1)N(C)C. The summed E-state index contributed by atoms with van der Waals surface area (Å²) in [5.41, 5.74) is 0. The zero-order valence-corrected chi connectivity index (χ0v) is 14.2. The molecule has 0 aliphatic carbocycles. The zero-order valence-electron chi connectivity index (χ0n) is 14.2. The smallest absolute Gasteiger partial charge is 0.239 e. The Kier molecular flexibility index (Phi) is 6.49. The highest BCUT2D eigenvalue weighted by Gasteiger charge is 2.29. The molecule has 0 spiro atoms. The van der Waals surface area contributed by atoms with Gasteiger partial charge in [-0.2, -0.15) is 0 Å². The van der Waals surface area contributed by atoms with Crippen LogP contribution in [-0.4, -0.2) is 73.0 Å². The van der Waals surface area contributed by atoms with Crippen molar-refractivity contribution < 1.29 is 4.79 Å². The molecule has 0 radical (unpaired) electrons. The van der Waals surface area contributed by atoms with E-state index in [1.54, 1.807) is 0 Å². The van der Waals surface area contributed by atoms with Crippen LogP contribution in [0.4, 0.5) is 0 Å². The highest BCUT2D eigenvalue weighted by molar-refractivity contribution is 5.81. The van der Waals surface area contributed by atoms with Gasteiger partial charge in [0.15, 0.2) is 0 Å². The molecule has 2 aliphatic heterocycles. The Morgan fingerprint density at radius 2 is 1.81 bits per heavy atom. The molecule has 0 saturated carbocycles. The van der Waals surface area contributed by atoms with Crippen LogP contribution in [0.15, 0.2) is 0 Å². The molecule has 122 valence electrons. The lowest BCUT2D eigenvalue weighted by Crippen LogP contribution is -2.46. The van der Waals surface area contributed by atoms with Crippen LogP contribution in [0.5, 0.6) is 0 Å². The lowest BCUT2D eigenvalue weighted by molar-refractivity contribution is -0.136. The topological polar surface area (TPSA) is 26.8 Å². The first-order valence-electron chi connectivity index (χ1n) is 8.82. The average Bonchev–Trinajstić information content (AvgIpc) is 2.88. The number of hydrogen-bond acceptors (Lipinski definition) is 3. The van der Waals surface area contributed by atoms with Crippen molar-refractivity contribution in [2.75, 3.05) is 40.3 Å². The predicted molar refractivity (Wildman–Crippen MR) is 87.4 cm³/mol. The van der Waals surface area contributed by atoms with E-state index in [-0.39, 0.29) is 6.04 Å². The summed E-state index contributed by atoms with van der Waals surface area (Å²) in [7, 11) is 4.06. The molecule has 21 heavy (non-hydrogen) atoms. The number of carbonyl (C=O) groups is 1. The Morgan fingerprint density at radius 3 is 2.43 bits per heavy atom. The van der Waals surface area contributed by atoms with Gasteiger partial charge in [-0.15, -0.1) is 0 Å². The van der Waals surface area contributed by atoms with Crippen molar-refractivity contribution in [3.8, 4) is 0 Å². The van der Waals surface area contributed by atoms with E-state index in [1.165, 1.54) is 38.8 Å². The van der Waals surface area contributed by atoms with Crippen LogP contribution in [0.2, 0.25) is 0 Å². The zero-order chi connectivity index (χ0) is 15.2. The molecule has 0 N–H and O–H groups in total. The summed E-state index contributed by atoms with van der Waals surface area (Å²) in [6.07, 6.45) is 8.36. The first-order valence-corrected chi connectivity index (χ1v) is 8.82. The van der Waals surface area contributed by atoms with Gasteiger partial charge in [-0.3, -0.25) is 9.69 Å². The van der Waals surface area contributed by atoms with Crippen molar-refractivity contribution in [3.63, 3.8) is 0 Å². The number of likely N-dealkylation sites (N-methyl/N-ethyl adjacent to an activating group) is 1. The van der Waals surface area contributed by atoms with Gasteiger partial charge >= 0.3 is 0 Å². The van der Waals surface area contributed by atoms with Gasteiger partial charge < -0.3 is 9.80 Å². The van der Waals surface area contributed by atoms with Gasteiger partial charge in [0.25, 0.3) is 0 Å². The highest BCUT2D eigenvalue weighted by Crippen LogP contribution is 2.22. The summed E-state index contributed by atoms with van der Waals surface area (Å²) in [6, 6.07) is 0.785. The standard InChI is InChI=1S/C17H33N3O/c1-4-8-16(18(2)3)17(21)20-13-7-9-15(10-14-20)19-11-5-6-12-19/h15-16H,4-14H2,1-3H3. The Hall–Kier alpha value is -0.610. The van der Waals surface area contributed by atoms with E-state index in [0.717, 1.165) is 32.4 Å². The van der Waals surface area contributed by atoms with Crippen LogP contribution in [0.3, 0.4) is 0 Å². The van der Waals surface area contributed by atoms with Gasteiger partial charge in [-0.05, 0) is 65.7 Å². The molecule has 4 nitrogen and oxygen atoms in total. The third-order valence-corrected chi connectivity index (χ3v) is 5.14. The molecule has 0 aromatic rings. The van der Waals surface area contributed by atoms with Crippen LogP contribution in [0.25, 0.3) is 0 Å². The second-order valence-electron chi connectivity index (χ2n) is 6.92. The van der Waals surface area contributed by atoms with E-state index in [2.05, 4.69) is 21.6 Å². The lowest BCUT2D eigenvalue weighted by atomic mass is 10.1. The number of hydrogen-bond donors (Lipinski definition) is 0. The van der Waals surface area contributed by atoms with Crippen molar-refractivity contribution in [1.82, 2.24) is 14.7 Å². The number of carbonyl (C=O) groups excluding carboxylic acids is 1. The molecule has 4 heteroatoms. The van der Waals surface area contributed by atoms with Crippen LogP contribution >= 0.6 is 0 Å². The molecule has 2 unspecified atom stereocenters. The maximum atomic E-state index is 12.8. The molecule has 2 saturated heterocycles. The second-order valence-corrected chi connectivity index (χ2v) is 6.92. The van der Waals surface area contributed by atoms with Crippen molar-refractivity contribution in [2.45, 2.75) is 64.0 Å². The first-order chi connectivity index (χ1) is 10.1. The van der Waals surface area contributed by atoms with Gasteiger partial charge in [-0.25, -0.2) is 0 Å². The minimum Gasteiger partial charge on any atom is -0.341 e. The van der Waals surface area contributed by atoms with Crippen molar-refractivity contribution in [3.05, 3.63) is 0 Å². The molecule has 0 aromatic carbocycles. The van der Waals surface area contributed by atoms with Crippen molar-refractivity contribution >= 4 is 5.91 Å². The van der Waals surface area contributed by atoms with E-state index >= 15 is 0 Å². The quantitative estimate of drug-likeness (QED) is 0.778. The van der Waals surface area contributed by atoms with Crippen molar-refractivity contribution in [2.24, 2.45) is 0 Å². The molecule has 2 rings (SSSR count). The fourth-order valence-corrected chi connectivity index (χ4v) is 3.86.